The van der Waals surface area contributed by atoms with Crippen molar-refractivity contribution in [2.45, 2.75) is 59.3 Å². The van der Waals surface area contributed by atoms with Gasteiger partial charge < -0.3 is 9.64 Å². The molecular formula is C15H29NO2. The molecule has 0 aromatic heterocycles. The van der Waals surface area contributed by atoms with Gasteiger partial charge in [-0.1, -0.05) is 40.0 Å². The Balaban J connectivity index is 2.22. The van der Waals surface area contributed by atoms with Gasteiger partial charge in [0.05, 0.1) is 6.61 Å². The second-order valence-corrected chi connectivity index (χ2v) is 5.66. The molecule has 0 saturated carbocycles. The van der Waals surface area contributed by atoms with Gasteiger partial charge in [-0.05, 0) is 31.1 Å². The number of carbonyl (C=O) groups excluding carboxylic acids is 1. The van der Waals surface area contributed by atoms with E-state index in [1.165, 1.54) is 19.3 Å². The highest BCUT2D eigenvalue weighted by molar-refractivity contribution is 5.67. The van der Waals surface area contributed by atoms with Crippen molar-refractivity contribution in [1.82, 2.24) is 4.90 Å². The quantitative estimate of drug-likeness (QED) is 0.716. The molecule has 106 valence electrons. The van der Waals surface area contributed by atoms with Crippen LogP contribution >= 0.6 is 0 Å². The van der Waals surface area contributed by atoms with E-state index in [1.54, 1.807) is 0 Å². The lowest BCUT2D eigenvalue weighted by molar-refractivity contribution is 0.0741. The summed E-state index contributed by atoms with van der Waals surface area (Å²) in [6, 6.07) is 0. The Kier molecular flexibility index (Phi) is 7.14. The zero-order valence-corrected chi connectivity index (χ0v) is 12.3. The summed E-state index contributed by atoms with van der Waals surface area (Å²) >= 11 is 0. The van der Waals surface area contributed by atoms with Crippen molar-refractivity contribution in [3.8, 4) is 0 Å². The molecule has 1 aliphatic rings. The summed E-state index contributed by atoms with van der Waals surface area (Å²) < 4.78 is 5.45. The van der Waals surface area contributed by atoms with Gasteiger partial charge in [-0.3, -0.25) is 0 Å². The van der Waals surface area contributed by atoms with Crippen LogP contribution in [0.25, 0.3) is 0 Å². The first-order chi connectivity index (χ1) is 8.67. The van der Waals surface area contributed by atoms with Crippen LogP contribution in [0.5, 0.6) is 0 Å². The highest BCUT2D eigenvalue weighted by Crippen LogP contribution is 2.18. The molecule has 0 spiro atoms. The second-order valence-electron chi connectivity index (χ2n) is 5.66. The van der Waals surface area contributed by atoms with Crippen molar-refractivity contribution in [3.05, 3.63) is 0 Å². The molecule has 0 N–H and O–H groups in total. The Hall–Kier alpha value is -0.730. The summed E-state index contributed by atoms with van der Waals surface area (Å²) in [5.74, 6) is 1.29. The molecule has 0 aliphatic carbocycles. The topological polar surface area (TPSA) is 29.5 Å². The molecule has 3 heteroatoms. The maximum Gasteiger partial charge on any atom is 0.409 e. The van der Waals surface area contributed by atoms with E-state index in [1.807, 2.05) is 4.90 Å². The van der Waals surface area contributed by atoms with E-state index in [0.29, 0.717) is 12.5 Å². The fourth-order valence-electron chi connectivity index (χ4n) is 2.37. The van der Waals surface area contributed by atoms with Gasteiger partial charge in [0.25, 0.3) is 0 Å². The van der Waals surface area contributed by atoms with Crippen molar-refractivity contribution in [3.63, 3.8) is 0 Å². The van der Waals surface area contributed by atoms with E-state index in [4.69, 9.17) is 4.74 Å². The Bertz CT molecular complexity index is 235. The third kappa shape index (κ3) is 5.28. The van der Waals surface area contributed by atoms with Crippen LogP contribution in [0.3, 0.4) is 0 Å². The van der Waals surface area contributed by atoms with Crippen molar-refractivity contribution < 1.29 is 9.53 Å². The predicted molar refractivity (Wildman–Crippen MR) is 74.6 cm³/mol. The Morgan fingerprint density at radius 1 is 1.33 bits per heavy atom. The van der Waals surface area contributed by atoms with Gasteiger partial charge in [-0.2, -0.15) is 0 Å². The average Bonchev–Trinajstić information content (AvgIpc) is 2.39. The van der Waals surface area contributed by atoms with Crippen LogP contribution in [0.15, 0.2) is 0 Å². The van der Waals surface area contributed by atoms with E-state index >= 15 is 0 Å². The lowest BCUT2D eigenvalue weighted by Crippen LogP contribution is -2.38. The van der Waals surface area contributed by atoms with Crippen LogP contribution in [0.4, 0.5) is 4.79 Å². The Labute approximate surface area is 112 Å². The number of hydrogen-bond acceptors (Lipinski definition) is 2. The molecule has 1 amide bonds. The molecule has 0 bridgehead atoms. The van der Waals surface area contributed by atoms with Crippen molar-refractivity contribution in [2.24, 2.45) is 11.8 Å². The summed E-state index contributed by atoms with van der Waals surface area (Å²) in [5.41, 5.74) is 0. The molecule has 1 heterocycles. The van der Waals surface area contributed by atoms with E-state index < -0.39 is 0 Å². The van der Waals surface area contributed by atoms with E-state index in [0.717, 1.165) is 38.3 Å². The van der Waals surface area contributed by atoms with Crippen LogP contribution in [-0.4, -0.2) is 30.7 Å². The smallest absolute Gasteiger partial charge is 0.409 e. The van der Waals surface area contributed by atoms with Crippen LogP contribution in [0.1, 0.15) is 59.3 Å². The second kappa shape index (κ2) is 8.39. The summed E-state index contributed by atoms with van der Waals surface area (Å²) in [6.07, 6.45) is 6.86. The first kappa shape index (κ1) is 15.3. The summed E-state index contributed by atoms with van der Waals surface area (Å²) in [5, 5.41) is 0. The van der Waals surface area contributed by atoms with Crippen LogP contribution in [0.2, 0.25) is 0 Å². The molecule has 1 rings (SSSR count). The van der Waals surface area contributed by atoms with Gasteiger partial charge in [0.15, 0.2) is 0 Å². The first-order valence-electron chi connectivity index (χ1n) is 7.59. The summed E-state index contributed by atoms with van der Waals surface area (Å²) in [4.78, 5) is 13.8. The van der Waals surface area contributed by atoms with Crippen molar-refractivity contribution >= 4 is 6.09 Å². The Morgan fingerprint density at radius 2 is 2.00 bits per heavy atom. The predicted octanol–water partition coefficient (Wildman–Crippen LogP) is 4.07. The molecule has 1 unspecified atom stereocenters. The number of amides is 1. The minimum atomic E-state index is -0.100. The van der Waals surface area contributed by atoms with Crippen LogP contribution in [0, 0.1) is 11.8 Å². The van der Waals surface area contributed by atoms with E-state index in [-0.39, 0.29) is 6.09 Å². The number of rotatable bonds is 6. The molecule has 1 aliphatic heterocycles. The standard InChI is InChI=1S/C15H29NO2/c1-4-6-7-14(5-2)12-18-15(17)16-10-8-13(3)9-11-16/h13-14H,4-12H2,1-3H3. The SMILES string of the molecule is CCCCC(CC)COC(=O)N1CCC(C)CC1. The minimum absolute atomic E-state index is 0.100. The largest absolute Gasteiger partial charge is 0.449 e. The fourth-order valence-corrected chi connectivity index (χ4v) is 2.37. The van der Waals surface area contributed by atoms with Crippen molar-refractivity contribution in [1.29, 1.82) is 0 Å². The molecule has 3 nitrogen and oxygen atoms in total. The van der Waals surface area contributed by atoms with Gasteiger partial charge in [0.1, 0.15) is 0 Å². The van der Waals surface area contributed by atoms with Crippen molar-refractivity contribution in [2.75, 3.05) is 19.7 Å². The maximum atomic E-state index is 11.9. The van der Waals surface area contributed by atoms with Crippen LogP contribution in [-0.2, 0) is 4.74 Å². The highest BCUT2D eigenvalue weighted by atomic mass is 16.6. The zero-order chi connectivity index (χ0) is 13.4. The first-order valence-corrected chi connectivity index (χ1v) is 7.59. The maximum absolute atomic E-state index is 11.9. The number of carbonyl (C=O) groups is 1. The molecule has 1 atom stereocenters. The fraction of sp³-hybridized carbons (Fsp3) is 0.933. The third-order valence-electron chi connectivity index (χ3n) is 4.03. The van der Waals surface area contributed by atoms with Crippen LogP contribution < -0.4 is 0 Å². The highest BCUT2D eigenvalue weighted by Gasteiger charge is 2.21. The van der Waals surface area contributed by atoms with Gasteiger partial charge >= 0.3 is 6.09 Å². The molecule has 0 radical (unpaired) electrons. The van der Waals surface area contributed by atoms with Gasteiger partial charge in [-0.25, -0.2) is 4.79 Å². The monoisotopic (exact) mass is 255 g/mol. The number of hydrogen-bond donors (Lipinski definition) is 0. The number of piperidine rings is 1. The number of nitrogens with zero attached hydrogens (tertiary/aromatic N) is 1. The lowest BCUT2D eigenvalue weighted by Gasteiger charge is -2.30. The number of ether oxygens (including phenoxy) is 1. The number of unbranched alkanes of at least 4 members (excludes halogenated alkanes) is 1. The molecule has 0 aromatic rings. The molecule has 1 saturated heterocycles. The number of likely N-dealkylation sites (tertiary alicyclic amines) is 1. The zero-order valence-electron chi connectivity index (χ0n) is 12.3. The van der Waals surface area contributed by atoms with Gasteiger partial charge in [0.2, 0.25) is 0 Å². The molecule has 18 heavy (non-hydrogen) atoms. The third-order valence-corrected chi connectivity index (χ3v) is 4.03. The van der Waals surface area contributed by atoms with E-state index in [9.17, 15) is 4.79 Å². The molecular weight excluding hydrogens is 226 g/mol. The minimum Gasteiger partial charge on any atom is -0.449 e. The molecule has 1 fully saturated rings. The summed E-state index contributed by atoms with van der Waals surface area (Å²) in [6.45, 7) is 8.96. The van der Waals surface area contributed by atoms with E-state index in [2.05, 4.69) is 20.8 Å². The van der Waals surface area contributed by atoms with Gasteiger partial charge in [0, 0.05) is 13.1 Å². The average molecular weight is 255 g/mol. The normalized spacial score (nSPS) is 18.7. The Morgan fingerprint density at radius 3 is 2.56 bits per heavy atom. The van der Waals surface area contributed by atoms with Gasteiger partial charge in [-0.15, -0.1) is 0 Å². The lowest BCUT2D eigenvalue weighted by atomic mass is 9.99. The summed E-state index contributed by atoms with van der Waals surface area (Å²) in [7, 11) is 0. The molecule has 0 aromatic carbocycles.